The van der Waals surface area contributed by atoms with Gasteiger partial charge in [-0.15, -0.1) is 11.3 Å². The summed E-state index contributed by atoms with van der Waals surface area (Å²) < 4.78 is 37.8. The lowest BCUT2D eigenvalue weighted by molar-refractivity contribution is -0.137. The van der Waals surface area contributed by atoms with Crippen LogP contribution in [0.1, 0.15) is 32.0 Å². The highest BCUT2D eigenvalue weighted by atomic mass is 32.1. The van der Waals surface area contributed by atoms with Gasteiger partial charge in [-0.2, -0.15) is 13.2 Å². The number of amidine groups is 1. The van der Waals surface area contributed by atoms with Crippen LogP contribution in [0.25, 0.3) is 10.6 Å². The van der Waals surface area contributed by atoms with E-state index in [9.17, 15) is 18.0 Å². The molecule has 0 aliphatic carbocycles. The topological polar surface area (TPSA) is 89.6 Å². The molecule has 0 aliphatic heterocycles. The van der Waals surface area contributed by atoms with E-state index in [0.717, 1.165) is 12.1 Å². The third-order valence-electron chi connectivity index (χ3n) is 3.52. The molecule has 0 fully saturated rings. The minimum Gasteiger partial charge on any atom is -0.388 e. The third-order valence-corrected chi connectivity index (χ3v) is 4.46. The van der Waals surface area contributed by atoms with Crippen LogP contribution in [0.5, 0.6) is 0 Å². The second-order valence-electron chi connectivity index (χ2n) is 6.28. The van der Waals surface area contributed by atoms with E-state index >= 15 is 0 Å². The Labute approximate surface area is 158 Å². The Bertz CT molecular complexity index is 829. The van der Waals surface area contributed by atoms with E-state index < -0.39 is 17.3 Å². The van der Waals surface area contributed by atoms with Crippen molar-refractivity contribution in [3.8, 4) is 10.6 Å². The molecule has 0 saturated carbocycles. The second-order valence-corrected chi connectivity index (χ2v) is 7.13. The first-order valence-corrected chi connectivity index (χ1v) is 8.73. The summed E-state index contributed by atoms with van der Waals surface area (Å²) in [6.45, 7) is 4.77. The second kappa shape index (κ2) is 7.95. The van der Waals surface area contributed by atoms with Gasteiger partial charge in [-0.05, 0) is 26.0 Å². The Kier molecular flexibility index (Phi) is 6.09. The van der Waals surface area contributed by atoms with Gasteiger partial charge < -0.3 is 15.9 Å². The number of carbonyl (C=O) groups excluding carboxylic acids is 1. The molecule has 10 heteroatoms. The number of carbonyl (C=O) groups is 1. The zero-order valence-electron chi connectivity index (χ0n) is 14.9. The van der Waals surface area contributed by atoms with E-state index in [2.05, 4.69) is 15.5 Å². The van der Waals surface area contributed by atoms with Crippen molar-refractivity contribution >= 4 is 23.1 Å². The summed E-state index contributed by atoms with van der Waals surface area (Å²) >= 11 is 1.28. The number of nitrogens with zero attached hydrogens (tertiary/aromatic N) is 2. The van der Waals surface area contributed by atoms with Gasteiger partial charge in [0.25, 0.3) is 0 Å². The maximum Gasteiger partial charge on any atom is 0.416 e. The van der Waals surface area contributed by atoms with Gasteiger partial charge in [0, 0.05) is 17.9 Å². The van der Waals surface area contributed by atoms with E-state index in [1.807, 2.05) is 0 Å². The van der Waals surface area contributed by atoms with Crippen molar-refractivity contribution in [2.24, 2.45) is 10.9 Å². The van der Waals surface area contributed by atoms with Crippen LogP contribution in [-0.2, 0) is 22.4 Å². The van der Waals surface area contributed by atoms with Crippen LogP contribution in [-0.4, -0.2) is 22.3 Å². The fraction of sp³-hybridized carbons (Fsp3) is 0.353. The van der Waals surface area contributed by atoms with Gasteiger partial charge in [0.2, 0.25) is 5.91 Å². The summed E-state index contributed by atoms with van der Waals surface area (Å²) in [5.41, 5.74) is 5.37. The van der Waals surface area contributed by atoms with Crippen LogP contribution < -0.4 is 11.1 Å². The summed E-state index contributed by atoms with van der Waals surface area (Å²) in [4.78, 5) is 20.6. The van der Waals surface area contributed by atoms with Gasteiger partial charge in [0.05, 0.1) is 16.8 Å². The Morgan fingerprint density at radius 2 is 1.93 bits per heavy atom. The van der Waals surface area contributed by atoms with E-state index in [4.69, 9.17) is 10.6 Å². The Hall–Kier alpha value is -2.62. The largest absolute Gasteiger partial charge is 0.416 e. The Morgan fingerprint density at radius 3 is 2.48 bits per heavy atom. The van der Waals surface area contributed by atoms with Crippen LogP contribution in [0.2, 0.25) is 0 Å². The first-order chi connectivity index (χ1) is 12.5. The number of amides is 1. The predicted molar refractivity (Wildman–Crippen MR) is 96.9 cm³/mol. The summed E-state index contributed by atoms with van der Waals surface area (Å²) in [6.07, 6.45) is -4.37. The molecule has 0 saturated heterocycles. The molecular weight excluding hydrogens is 381 g/mol. The number of thiazole rings is 1. The Morgan fingerprint density at radius 1 is 1.30 bits per heavy atom. The standard InChI is InChI=1S/C17H19F3N4O2S/c1-10(25)23-16(2,3)15(21)24-26-8-13-9-27-14(22-13)11-4-6-12(7-5-11)17(18,19)20/h4-7,9H,8H2,1-3H3,(H2,21,24)(H,23,25). The monoisotopic (exact) mass is 400 g/mol. The molecule has 1 aromatic heterocycles. The van der Waals surface area contributed by atoms with Crippen molar-refractivity contribution in [3.63, 3.8) is 0 Å². The van der Waals surface area contributed by atoms with Gasteiger partial charge >= 0.3 is 6.18 Å². The number of rotatable bonds is 6. The van der Waals surface area contributed by atoms with Gasteiger partial charge in [-0.1, -0.05) is 17.3 Å². The predicted octanol–water partition coefficient (Wildman–Crippen LogP) is 3.53. The van der Waals surface area contributed by atoms with Crippen LogP contribution in [0, 0.1) is 0 Å². The summed E-state index contributed by atoms with van der Waals surface area (Å²) in [5, 5.41) is 8.71. The SMILES string of the molecule is CC(=O)NC(C)(C)/C(N)=N/OCc1csc(-c2ccc(C(F)(F)F)cc2)n1. The van der Waals surface area contributed by atoms with Crippen molar-refractivity contribution in [2.75, 3.05) is 0 Å². The number of nitrogens with one attached hydrogen (secondary N) is 1. The number of halogens is 3. The molecule has 1 amide bonds. The maximum atomic E-state index is 12.6. The minimum absolute atomic E-state index is 0.0357. The molecule has 0 spiro atoms. The van der Waals surface area contributed by atoms with Crippen molar-refractivity contribution in [1.82, 2.24) is 10.3 Å². The zero-order valence-corrected chi connectivity index (χ0v) is 15.7. The van der Waals surface area contributed by atoms with Crippen LogP contribution in [0.3, 0.4) is 0 Å². The highest BCUT2D eigenvalue weighted by Crippen LogP contribution is 2.31. The van der Waals surface area contributed by atoms with E-state index in [1.165, 1.54) is 30.4 Å². The molecule has 6 nitrogen and oxygen atoms in total. The molecule has 0 aliphatic rings. The van der Waals surface area contributed by atoms with Crippen molar-refractivity contribution in [2.45, 2.75) is 39.1 Å². The normalized spacial score (nSPS) is 12.7. The highest BCUT2D eigenvalue weighted by Gasteiger charge is 2.30. The summed E-state index contributed by atoms with van der Waals surface area (Å²) in [7, 11) is 0. The number of alkyl halides is 3. The lowest BCUT2D eigenvalue weighted by atomic mass is 10.0. The van der Waals surface area contributed by atoms with Crippen molar-refractivity contribution < 1.29 is 22.8 Å². The number of aromatic nitrogens is 1. The van der Waals surface area contributed by atoms with Gasteiger partial charge in [0.15, 0.2) is 12.4 Å². The molecule has 0 unspecified atom stereocenters. The van der Waals surface area contributed by atoms with E-state index in [-0.39, 0.29) is 18.3 Å². The van der Waals surface area contributed by atoms with Crippen LogP contribution in [0.15, 0.2) is 34.8 Å². The zero-order chi connectivity index (χ0) is 20.2. The lowest BCUT2D eigenvalue weighted by Crippen LogP contribution is -2.52. The average molecular weight is 400 g/mol. The van der Waals surface area contributed by atoms with Gasteiger partial charge in [-0.3, -0.25) is 4.79 Å². The molecule has 2 aromatic rings. The molecule has 3 N–H and O–H groups in total. The molecule has 0 bridgehead atoms. The lowest BCUT2D eigenvalue weighted by Gasteiger charge is -2.23. The van der Waals surface area contributed by atoms with Crippen molar-refractivity contribution in [3.05, 3.63) is 40.9 Å². The first kappa shape index (κ1) is 20.7. The highest BCUT2D eigenvalue weighted by molar-refractivity contribution is 7.13. The molecule has 146 valence electrons. The van der Waals surface area contributed by atoms with Crippen LogP contribution in [0.4, 0.5) is 13.2 Å². The molecular formula is C17H19F3N4O2S. The smallest absolute Gasteiger partial charge is 0.388 e. The molecule has 0 radical (unpaired) electrons. The van der Waals surface area contributed by atoms with Crippen LogP contribution >= 0.6 is 11.3 Å². The average Bonchev–Trinajstić information content (AvgIpc) is 3.01. The number of benzene rings is 1. The number of oxime groups is 1. The molecule has 2 rings (SSSR count). The molecule has 1 heterocycles. The van der Waals surface area contributed by atoms with Gasteiger partial charge in [-0.25, -0.2) is 4.98 Å². The summed E-state index contributed by atoms with van der Waals surface area (Å²) in [5.74, 6) is -0.158. The third kappa shape index (κ3) is 5.68. The fourth-order valence-electron chi connectivity index (χ4n) is 2.09. The van der Waals surface area contributed by atoms with Crippen molar-refractivity contribution in [1.29, 1.82) is 0 Å². The van der Waals surface area contributed by atoms with E-state index in [1.54, 1.807) is 19.2 Å². The quantitative estimate of drug-likeness (QED) is 0.441. The number of hydrogen-bond acceptors (Lipinski definition) is 5. The molecule has 27 heavy (non-hydrogen) atoms. The summed E-state index contributed by atoms with van der Waals surface area (Å²) in [6, 6.07) is 4.78. The first-order valence-electron chi connectivity index (χ1n) is 7.86. The number of hydrogen-bond donors (Lipinski definition) is 2. The van der Waals surface area contributed by atoms with E-state index in [0.29, 0.717) is 16.3 Å². The molecule has 0 atom stereocenters. The maximum absolute atomic E-state index is 12.6. The minimum atomic E-state index is -4.37. The Balaban J connectivity index is 2.00. The van der Waals surface area contributed by atoms with Gasteiger partial charge in [0.1, 0.15) is 5.01 Å². The number of nitrogens with two attached hydrogens (primary N) is 1. The molecule has 1 aromatic carbocycles. The fourth-order valence-corrected chi connectivity index (χ4v) is 2.90.